The van der Waals surface area contributed by atoms with Crippen LogP contribution in [0.2, 0.25) is 0 Å². The van der Waals surface area contributed by atoms with Crippen molar-refractivity contribution >= 4 is 5.91 Å². The molecule has 1 atom stereocenters. The zero-order valence-electron chi connectivity index (χ0n) is 13.8. The fraction of sp³-hybridized carbons (Fsp3) is 0.588. The van der Waals surface area contributed by atoms with Crippen LogP contribution in [0, 0.1) is 20.8 Å². The molecule has 0 saturated carbocycles. The van der Waals surface area contributed by atoms with Gasteiger partial charge in [0.25, 0.3) is 0 Å². The number of benzene rings is 1. The van der Waals surface area contributed by atoms with E-state index >= 15 is 0 Å². The minimum absolute atomic E-state index is 0.0748. The molecule has 2 rings (SSSR count). The predicted molar refractivity (Wildman–Crippen MR) is 83.0 cm³/mol. The van der Waals surface area contributed by atoms with Crippen LogP contribution in [-0.4, -0.2) is 35.6 Å². The van der Waals surface area contributed by atoms with Crippen LogP contribution in [0.4, 0.5) is 0 Å². The van der Waals surface area contributed by atoms with E-state index < -0.39 is 5.60 Å². The van der Waals surface area contributed by atoms with E-state index in [9.17, 15) is 9.90 Å². The lowest BCUT2D eigenvalue weighted by Crippen LogP contribution is -2.41. The number of aromatic hydroxyl groups is 1. The van der Waals surface area contributed by atoms with Gasteiger partial charge in [-0.2, -0.15) is 0 Å². The molecule has 1 aliphatic heterocycles. The third-order valence-electron chi connectivity index (χ3n) is 4.62. The highest BCUT2D eigenvalue weighted by atomic mass is 16.5. The molecule has 0 fully saturated rings. The maximum atomic E-state index is 12.0. The van der Waals surface area contributed by atoms with Gasteiger partial charge in [-0.3, -0.25) is 4.79 Å². The summed E-state index contributed by atoms with van der Waals surface area (Å²) in [4.78, 5) is 13.6. The van der Waals surface area contributed by atoms with Crippen molar-refractivity contribution in [3.05, 3.63) is 22.3 Å². The fourth-order valence-electron chi connectivity index (χ4n) is 2.90. The molecule has 21 heavy (non-hydrogen) atoms. The highest BCUT2D eigenvalue weighted by Crippen LogP contribution is 2.44. The molecule has 1 heterocycles. The Kier molecular flexibility index (Phi) is 3.91. The average molecular weight is 291 g/mol. The molecule has 116 valence electrons. The van der Waals surface area contributed by atoms with Crippen LogP contribution in [0.25, 0.3) is 0 Å². The van der Waals surface area contributed by atoms with Crippen LogP contribution < -0.4 is 4.74 Å². The van der Waals surface area contributed by atoms with Crippen molar-refractivity contribution in [2.75, 3.05) is 14.1 Å². The molecule has 0 aromatic heterocycles. The first-order chi connectivity index (χ1) is 9.66. The van der Waals surface area contributed by atoms with Gasteiger partial charge in [-0.25, -0.2) is 0 Å². The smallest absolute Gasteiger partial charge is 0.226 e. The molecule has 4 heteroatoms. The minimum Gasteiger partial charge on any atom is -0.507 e. The number of phenolic OH excluding ortho intramolecular Hbond substituents is 1. The Morgan fingerprint density at radius 2 is 1.86 bits per heavy atom. The van der Waals surface area contributed by atoms with Gasteiger partial charge in [-0.1, -0.05) is 0 Å². The Morgan fingerprint density at radius 1 is 1.24 bits per heavy atom. The van der Waals surface area contributed by atoms with Gasteiger partial charge in [0.15, 0.2) is 0 Å². The Balaban J connectivity index is 2.38. The lowest BCUT2D eigenvalue weighted by Gasteiger charge is -2.38. The van der Waals surface area contributed by atoms with Gasteiger partial charge in [-0.05, 0) is 57.2 Å². The highest BCUT2D eigenvalue weighted by Gasteiger charge is 2.36. The minimum atomic E-state index is -0.477. The lowest BCUT2D eigenvalue weighted by molar-refractivity contribution is -0.133. The molecule has 1 N–H and O–H groups in total. The summed E-state index contributed by atoms with van der Waals surface area (Å²) in [7, 11) is 3.53. The molecule has 1 aromatic carbocycles. The molecule has 0 aliphatic carbocycles. The van der Waals surface area contributed by atoms with Gasteiger partial charge < -0.3 is 14.7 Å². The second-order valence-electron chi connectivity index (χ2n) is 6.55. The fourth-order valence-corrected chi connectivity index (χ4v) is 2.90. The number of carbonyl (C=O) groups excluding carboxylic acids is 1. The molecular formula is C17H25NO3. The van der Waals surface area contributed by atoms with Crippen molar-refractivity contribution in [2.45, 2.75) is 52.6 Å². The molecule has 0 unspecified atom stereocenters. The second kappa shape index (κ2) is 5.24. The van der Waals surface area contributed by atoms with E-state index in [0.717, 1.165) is 40.8 Å². The third-order valence-corrected chi connectivity index (χ3v) is 4.62. The van der Waals surface area contributed by atoms with Crippen molar-refractivity contribution in [3.63, 3.8) is 0 Å². The van der Waals surface area contributed by atoms with Crippen molar-refractivity contribution < 1.29 is 14.6 Å². The lowest BCUT2D eigenvalue weighted by atomic mass is 9.85. The molecule has 0 saturated heterocycles. The first-order valence-electron chi connectivity index (χ1n) is 7.37. The molecule has 0 radical (unpaired) electrons. The Bertz CT molecular complexity index is 592. The summed E-state index contributed by atoms with van der Waals surface area (Å²) < 4.78 is 6.23. The van der Waals surface area contributed by atoms with Crippen molar-refractivity contribution in [2.24, 2.45) is 0 Å². The number of carbonyl (C=O) groups is 1. The normalized spacial score (nSPS) is 20.7. The standard InChI is InChI=1S/C17H25NO3/c1-10-11(2)16-13(12(3)15(10)20)7-8-17(4,21-16)9-14(19)18(5)6/h20H,7-9H2,1-6H3/t17-/m1/s1. The van der Waals surface area contributed by atoms with Crippen LogP contribution in [-0.2, 0) is 11.2 Å². The van der Waals surface area contributed by atoms with Crippen LogP contribution >= 0.6 is 0 Å². The maximum Gasteiger partial charge on any atom is 0.226 e. The second-order valence-corrected chi connectivity index (χ2v) is 6.55. The molecule has 4 nitrogen and oxygen atoms in total. The van der Waals surface area contributed by atoms with E-state index in [1.807, 2.05) is 27.7 Å². The molecule has 0 bridgehead atoms. The van der Waals surface area contributed by atoms with Crippen LogP contribution in [0.1, 0.15) is 42.0 Å². The summed E-state index contributed by atoms with van der Waals surface area (Å²) in [6.45, 7) is 7.79. The predicted octanol–water partition coefficient (Wildman–Crippen LogP) is 2.88. The van der Waals surface area contributed by atoms with E-state index in [4.69, 9.17) is 4.74 Å². The molecular weight excluding hydrogens is 266 g/mol. The SMILES string of the molecule is Cc1c(C)c2c(c(C)c1O)CC[C@](C)(CC(=O)N(C)C)O2. The van der Waals surface area contributed by atoms with Gasteiger partial charge in [0.2, 0.25) is 5.91 Å². The molecule has 1 aromatic rings. The number of amides is 1. The number of fused-ring (bicyclic) bond motifs is 1. The highest BCUT2D eigenvalue weighted by molar-refractivity contribution is 5.76. The van der Waals surface area contributed by atoms with Gasteiger partial charge >= 0.3 is 0 Å². The maximum absolute atomic E-state index is 12.0. The summed E-state index contributed by atoms with van der Waals surface area (Å²) in [6, 6.07) is 0. The third kappa shape index (κ3) is 2.71. The van der Waals surface area contributed by atoms with E-state index in [2.05, 4.69) is 0 Å². The topological polar surface area (TPSA) is 49.8 Å². The van der Waals surface area contributed by atoms with Crippen molar-refractivity contribution in [1.29, 1.82) is 0 Å². The van der Waals surface area contributed by atoms with Crippen molar-refractivity contribution in [3.8, 4) is 11.5 Å². The number of phenols is 1. The van der Waals surface area contributed by atoms with Crippen LogP contribution in [0.3, 0.4) is 0 Å². The number of hydrogen-bond acceptors (Lipinski definition) is 3. The van der Waals surface area contributed by atoms with E-state index in [0.29, 0.717) is 12.2 Å². The Hall–Kier alpha value is -1.71. The van der Waals surface area contributed by atoms with Gasteiger partial charge in [0.1, 0.15) is 17.1 Å². The van der Waals surface area contributed by atoms with Crippen LogP contribution in [0.5, 0.6) is 11.5 Å². The summed E-state index contributed by atoms with van der Waals surface area (Å²) in [5.41, 5.74) is 3.32. The zero-order chi connectivity index (χ0) is 15.9. The zero-order valence-corrected chi connectivity index (χ0v) is 13.8. The number of rotatable bonds is 2. The molecule has 0 spiro atoms. The largest absolute Gasteiger partial charge is 0.507 e. The summed E-state index contributed by atoms with van der Waals surface area (Å²) in [5.74, 6) is 1.29. The van der Waals surface area contributed by atoms with E-state index in [1.54, 1.807) is 19.0 Å². The van der Waals surface area contributed by atoms with E-state index in [1.165, 1.54) is 0 Å². The first kappa shape index (κ1) is 15.7. The quantitative estimate of drug-likeness (QED) is 0.911. The summed E-state index contributed by atoms with van der Waals surface area (Å²) in [6.07, 6.45) is 1.98. The number of ether oxygens (including phenoxy) is 1. The number of nitrogens with zero attached hydrogens (tertiary/aromatic N) is 1. The molecule has 1 aliphatic rings. The van der Waals surface area contributed by atoms with Crippen LogP contribution in [0.15, 0.2) is 0 Å². The average Bonchev–Trinajstić information content (AvgIpc) is 2.42. The summed E-state index contributed by atoms with van der Waals surface area (Å²) >= 11 is 0. The van der Waals surface area contributed by atoms with E-state index in [-0.39, 0.29) is 5.91 Å². The van der Waals surface area contributed by atoms with Gasteiger partial charge in [0.05, 0.1) is 6.42 Å². The monoisotopic (exact) mass is 291 g/mol. The number of hydrogen-bond donors (Lipinski definition) is 1. The molecule has 1 amide bonds. The Morgan fingerprint density at radius 3 is 2.43 bits per heavy atom. The van der Waals surface area contributed by atoms with Crippen molar-refractivity contribution in [1.82, 2.24) is 4.90 Å². The summed E-state index contributed by atoms with van der Waals surface area (Å²) in [5, 5.41) is 10.2. The van der Waals surface area contributed by atoms with Gasteiger partial charge in [0, 0.05) is 19.7 Å². The Labute approximate surface area is 126 Å². The first-order valence-corrected chi connectivity index (χ1v) is 7.37. The van der Waals surface area contributed by atoms with Gasteiger partial charge in [-0.15, -0.1) is 0 Å².